The molecule has 94 valence electrons. The Labute approximate surface area is 106 Å². The van der Waals surface area contributed by atoms with Crippen molar-refractivity contribution in [1.82, 2.24) is 5.32 Å². The number of anilines is 1. The molecule has 2 aromatic rings. The fraction of sp³-hybridized carbons (Fsp3) is 0.214. The maximum atomic E-state index is 11.6. The van der Waals surface area contributed by atoms with E-state index >= 15 is 0 Å². The number of hydrogen-bond acceptors (Lipinski definition) is 2. The molecule has 0 aliphatic carbocycles. The molecule has 2 rings (SSSR count). The highest BCUT2D eigenvalue weighted by molar-refractivity contribution is 6.01. The Bertz CT molecular complexity index is 567. The fourth-order valence-corrected chi connectivity index (χ4v) is 1.79. The van der Waals surface area contributed by atoms with Crippen molar-refractivity contribution in [2.45, 2.75) is 13.3 Å². The number of amides is 2. The lowest BCUT2D eigenvalue weighted by Gasteiger charge is -2.09. The summed E-state index contributed by atoms with van der Waals surface area (Å²) in [5.41, 5.74) is 0.737. The number of carbonyl (C=O) groups excluding carboxylic acids is 1. The zero-order valence-electron chi connectivity index (χ0n) is 10.2. The van der Waals surface area contributed by atoms with E-state index in [1.54, 1.807) is 18.2 Å². The Kier molecular flexibility index (Phi) is 3.67. The van der Waals surface area contributed by atoms with Crippen LogP contribution in [0.3, 0.4) is 0 Å². The van der Waals surface area contributed by atoms with Gasteiger partial charge in [-0.2, -0.15) is 0 Å². The number of fused-ring (bicyclic) bond motifs is 1. The van der Waals surface area contributed by atoms with Gasteiger partial charge < -0.3 is 15.7 Å². The summed E-state index contributed by atoms with van der Waals surface area (Å²) >= 11 is 0. The smallest absolute Gasteiger partial charge is 0.319 e. The molecule has 0 bridgehead atoms. The standard InChI is InChI=1S/C14H16N2O2/c1-2-8-15-14(18)16-13-5-3-4-10-9-11(17)6-7-12(10)13/h3-7,9,17H,2,8H2,1H3,(H2,15,16,18). The van der Waals surface area contributed by atoms with Crippen LogP contribution in [0.5, 0.6) is 5.75 Å². The largest absolute Gasteiger partial charge is 0.508 e. The molecule has 2 aromatic carbocycles. The number of aromatic hydroxyl groups is 1. The second kappa shape index (κ2) is 5.40. The van der Waals surface area contributed by atoms with E-state index in [2.05, 4.69) is 10.6 Å². The van der Waals surface area contributed by atoms with Crippen LogP contribution < -0.4 is 10.6 Å². The van der Waals surface area contributed by atoms with Crippen molar-refractivity contribution >= 4 is 22.5 Å². The zero-order chi connectivity index (χ0) is 13.0. The minimum Gasteiger partial charge on any atom is -0.508 e. The predicted molar refractivity (Wildman–Crippen MR) is 72.9 cm³/mol. The van der Waals surface area contributed by atoms with Crippen molar-refractivity contribution < 1.29 is 9.90 Å². The molecule has 0 aliphatic rings. The molecule has 0 spiro atoms. The highest BCUT2D eigenvalue weighted by Gasteiger charge is 2.05. The predicted octanol–water partition coefficient (Wildman–Crippen LogP) is 3.08. The Balaban J connectivity index is 2.25. The van der Waals surface area contributed by atoms with Gasteiger partial charge in [0.15, 0.2) is 0 Å². The average Bonchev–Trinajstić information content (AvgIpc) is 2.36. The highest BCUT2D eigenvalue weighted by Crippen LogP contribution is 2.26. The van der Waals surface area contributed by atoms with Gasteiger partial charge in [-0.25, -0.2) is 4.79 Å². The molecule has 0 fully saturated rings. The number of benzene rings is 2. The van der Waals surface area contributed by atoms with Crippen LogP contribution in [0.25, 0.3) is 10.8 Å². The third kappa shape index (κ3) is 2.71. The van der Waals surface area contributed by atoms with Crippen molar-refractivity contribution in [2.75, 3.05) is 11.9 Å². The molecule has 4 heteroatoms. The summed E-state index contributed by atoms with van der Waals surface area (Å²) < 4.78 is 0. The Morgan fingerprint density at radius 1 is 1.28 bits per heavy atom. The maximum Gasteiger partial charge on any atom is 0.319 e. The first kappa shape index (κ1) is 12.2. The van der Waals surface area contributed by atoms with Gasteiger partial charge in [-0.1, -0.05) is 19.1 Å². The summed E-state index contributed by atoms with van der Waals surface area (Å²) in [4.78, 5) is 11.6. The minimum atomic E-state index is -0.211. The van der Waals surface area contributed by atoms with E-state index in [-0.39, 0.29) is 11.8 Å². The van der Waals surface area contributed by atoms with Crippen molar-refractivity contribution in [1.29, 1.82) is 0 Å². The van der Waals surface area contributed by atoms with E-state index in [0.717, 1.165) is 22.9 Å². The van der Waals surface area contributed by atoms with Crippen LogP contribution in [0, 0.1) is 0 Å². The van der Waals surface area contributed by atoms with E-state index in [1.807, 2.05) is 25.1 Å². The van der Waals surface area contributed by atoms with Gasteiger partial charge in [0.1, 0.15) is 5.75 Å². The third-order valence-corrected chi connectivity index (χ3v) is 2.65. The van der Waals surface area contributed by atoms with Gasteiger partial charge in [0.2, 0.25) is 0 Å². The number of carbonyl (C=O) groups is 1. The summed E-state index contributed by atoms with van der Waals surface area (Å²) in [6.07, 6.45) is 0.900. The molecule has 4 nitrogen and oxygen atoms in total. The summed E-state index contributed by atoms with van der Waals surface area (Å²) in [6, 6.07) is 10.4. The normalized spacial score (nSPS) is 10.3. The van der Waals surface area contributed by atoms with E-state index in [9.17, 15) is 9.90 Å². The van der Waals surface area contributed by atoms with Crippen molar-refractivity contribution in [3.05, 3.63) is 36.4 Å². The van der Waals surface area contributed by atoms with Gasteiger partial charge in [0.25, 0.3) is 0 Å². The fourth-order valence-electron chi connectivity index (χ4n) is 1.79. The molecule has 2 amide bonds. The monoisotopic (exact) mass is 244 g/mol. The maximum absolute atomic E-state index is 11.6. The molecule has 0 radical (unpaired) electrons. The highest BCUT2D eigenvalue weighted by atomic mass is 16.3. The lowest BCUT2D eigenvalue weighted by atomic mass is 10.1. The summed E-state index contributed by atoms with van der Waals surface area (Å²) in [6.45, 7) is 2.65. The topological polar surface area (TPSA) is 61.4 Å². The quantitative estimate of drug-likeness (QED) is 0.777. The SMILES string of the molecule is CCCNC(=O)Nc1cccc2cc(O)ccc12. The summed E-state index contributed by atoms with van der Waals surface area (Å²) in [5, 5.41) is 16.8. The first-order chi connectivity index (χ1) is 8.70. The molecule has 18 heavy (non-hydrogen) atoms. The molecule has 0 aromatic heterocycles. The van der Waals surface area contributed by atoms with Gasteiger partial charge in [-0.3, -0.25) is 0 Å². The van der Waals surface area contributed by atoms with Gasteiger partial charge >= 0.3 is 6.03 Å². The van der Waals surface area contributed by atoms with Gasteiger partial charge in [0.05, 0.1) is 5.69 Å². The van der Waals surface area contributed by atoms with E-state index in [1.165, 1.54) is 0 Å². The van der Waals surface area contributed by atoms with Gasteiger partial charge in [-0.05, 0) is 36.1 Å². The van der Waals surface area contributed by atoms with E-state index in [4.69, 9.17) is 0 Å². The van der Waals surface area contributed by atoms with Crippen LogP contribution >= 0.6 is 0 Å². The Morgan fingerprint density at radius 3 is 2.89 bits per heavy atom. The molecule has 0 atom stereocenters. The number of urea groups is 1. The molecular formula is C14H16N2O2. The average molecular weight is 244 g/mol. The zero-order valence-corrected chi connectivity index (χ0v) is 10.2. The summed E-state index contributed by atoms with van der Waals surface area (Å²) in [7, 11) is 0. The first-order valence-corrected chi connectivity index (χ1v) is 5.97. The number of rotatable bonds is 3. The van der Waals surface area contributed by atoms with Gasteiger partial charge in [-0.15, -0.1) is 0 Å². The lowest BCUT2D eigenvalue weighted by molar-refractivity contribution is 0.252. The van der Waals surface area contributed by atoms with Crippen LogP contribution in [0.15, 0.2) is 36.4 Å². The van der Waals surface area contributed by atoms with Crippen molar-refractivity contribution in [2.24, 2.45) is 0 Å². The van der Waals surface area contributed by atoms with Gasteiger partial charge in [0, 0.05) is 11.9 Å². The first-order valence-electron chi connectivity index (χ1n) is 5.97. The Morgan fingerprint density at radius 2 is 2.11 bits per heavy atom. The molecule has 0 saturated heterocycles. The van der Waals surface area contributed by atoms with Crippen LogP contribution in [0.4, 0.5) is 10.5 Å². The third-order valence-electron chi connectivity index (χ3n) is 2.65. The van der Waals surface area contributed by atoms with Crippen LogP contribution in [0.2, 0.25) is 0 Å². The number of phenols is 1. The minimum absolute atomic E-state index is 0.211. The molecule has 0 aliphatic heterocycles. The van der Waals surface area contributed by atoms with Crippen LogP contribution in [-0.4, -0.2) is 17.7 Å². The van der Waals surface area contributed by atoms with E-state index in [0.29, 0.717) is 6.54 Å². The Hall–Kier alpha value is -2.23. The number of nitrogens with one attached hydrogen (secondary N) is 2. The summed E-state index contributed by atoms with van der Waals surface area (Å²) in [5.74, 6) is 0.218. The molecule has 0 unspecified atom stereocenters. The second-order valence-electron chi connectivity index (χ2n) is 4.09. The van der Waals surface area contributed by atoms with E-state index < -0.39 is 0 Å². The molecule has 3 N–H and O–H groups in total. The van der Waals surface area contributed by atoms with Crippen molar-refractivity contribution in [3.8, 4) is 5.75 Å². The second-order valence-corrected chi connectivity index (χ2v) is 4.09. The van der Waals surface area contributed by atoms with Crippen molar-refractivity contribution in [3.63, 3.8) is 0 Å². The van der Waals surface area contributed by atoms with Crippen LogP contribution in [0.1, 0.15) is 13.3 Å². The molecule has 0 saturated carbocycles. The molecular weight excluding hydrogens is 228 g/mol. The lowest BCUT2D eigenvalue weighted by Crippen LogP contribution is -2.29. The molecule has 0 heterocycles. The van der Waals surface area contributed by atoms with Crippen LogP contribution in [-0.2, 0) is 0 Å². The number of phenolic OH excluding ortho intramolecular Hbond substituents is 1. The number of hydrogen-bond donors (Lipinski definition) is 3.